The van der Waals surface area contributed by atoms with Gasteiger partial charge < -0.3 is 4.74 Å². The van der Waals surface area contributed by atoms with E-state index in [1.807, 2.05) is 0 Å². The van der Waals surface area contributed by atoms with Crippen molar-refractivity contribution in [1.82, 2.24) is 0 Å². The molecule has 0 saturated carbocycles. The second-order valence-electron chi connectivity index (χ2n) is 6.09. The average Bonchev–Trinajstić information content (AvgIpc) is 2.64. The maximum atomic E-state index is 14.5. The number of hydrogen-bond acceptors (Lipinski definition) is 1. The van der Waals surface area contributed by atoms with Crippen LogP contribution in [0.5, 0.6) is 5.75 Å². The van der Waals surface area contributed by atoms with Crippen molar-refractivity contribution in [1.29, 1.82) is 0 Å². The van der Waals surface area contributed by atoms with Gasteiger partial charge >= 0.3 is 6.18 Å². The van der Waals surface area contributed by atoms with Crippen molar-refractivity contribution >= 4 is 10.8 Å². The van der Waals surface area contributed by atoms with Gasteiger partial charge in [0.2, 0.25) is 0 Å². The lowest BCUT2D eigenvalue weighted by atomic mass is 9.98. The van der Waals surface area contributed by atoms with Crippen LogP contribution in [0.4, 0.5) is 30.7 Å². The molecule has 8 heteroatoms. The van der Waals surface area contributed by atoms with Gasteiger partial charge in [-0.3, -0.25) is 0 Å². The summed E-state index contributed by atoms with van der Waals surface area (Å²) in [4.78, 5) is 0. The predicted octanol–water partition coefficient (Wildman–Crippen LogP) is 6.54. The number of halogens is 7. The molecule has 0 spiro atoms. The number of ether oxygens (including phenoxy) is 1. The Kier molecular flexibility index (Phi) is 5.74. The molecule has 0 saturated heterocycles. The highest BCUT2D eigenvalue weighted by atomic mass is 19.4. The molecule has 0 fully saturated rings. The Morgan fingerprint density at radius 1 is 0.933 bits per heavy atom. The van der Waals surface area contributed by atoms with Crippen LogP contribution in [0.3, 0.4) is 0 Å². The van der Waals surface area contributed by atoms with E-state index in [0.717, 1.165) is 42.3 Å². The minimum absolute atomic E-state index is 0.0271. The first-order valence-corrected chi connectivity index (χ1v) is 8.35. The molecule has 0 atom stereocenters. The van der Waals surface area contributed by atoms with E-state index in [9.17, 15) is 30.7 Å². The molecule has 1 nitrogen and oxygen atoms in total. The second kappa shape index (κ2) is 8.11. The van der Waals surface area contributed by atoms with Gasteiger partial charge in [-0.1, -0.05) is 30.7 Å². The minimum Gasteiger partial charge on any atom is -0.489 e. The average molecular weight is 424 g/mol. The van der Waals surface area contributed by atoms with Gasteiger partial charge in [-0.05, 0) is 23.1 Å². The SMILES string of the molecule is C=CCOc1cc(F)c(-c2ccc3c(F)c(C#CC(F)(F)F)c(F)cc3c2)c(F)c1. The highest BCUT2D eigenvalue weighted by molar-refractivity contribution is 5.89. The van der Waals surface area contributed by atoms with Gasteiger partial charge in [0.25, 0.3) is 0 Å². The fourth-order valence-electron chi connectivity index (χ4n) is 2.80. The van der Waals surface area contributed by atoms with Crippen LogP contribution < -0.4 is 4.74 Å². The van der Waals surface area contributed by atoms with Crippen LogP contribution in [0.15, 0.2) is 49.1 Å². The van der Waals surface area contributed by atoms with E-state index in [0.29, 0.717) is 0 Å². The van der Waals surface area contributed by atoms with Crippen LogP contribution in [0.2, 0.25) is 0 Å². The standard InChI is InChI=1S/C22H11F7O/c1-2-7-30-14-10-18(24)20(19(25)11-14)12-3-4-15-13(8-12)9-17(23)16(21(15)26)5-6-22(27,28)29/h2-4,8-11H,1,7H2. The molecule has 0 heterocycles. The van der Waals surface area contributed by atoms with Gasteiger partial charge in [0.1, 0.15) is 35.6 Å². The third-order valence-electron chi connectivity index (χ3n) is 4.03. The monoisotopic (exact) mass is 424 g/mol. The molecule has 0 amide bonds. The third kappa shape index (κ3) is 4.40. The van der Waals surface area contributed by atoms with Crippen LogP contribution >= 0.6 is 0 Å². The first-order valence-electron chi connectivity index (χ1n) is 8.35. The maximum absolute atomic E-state index is 14.5. The molecule has 154 valence electrons. The van der Waals surface area contributed by atoms with Gasteiger partial charge in [-0.15, -0.1) is 0 Å². The van der Waals surface area contributed by atoms with Crippen molar-refractivity contribution in [3.05, 3.63) is 77.9 Å². The van der Waals surface area contributed by atoms with Gasteiger partial charge in [0.05, 0.1) is 11.1 Å². The molecule has 0 aromatic heterocycles. The van der Waals surface area contributed by atoms with E-state index in [2.05, 4.69) is 6.58 Å². The molecule has 0 bridgehead atoms. The summed E-state index contributed by atoms with van der Waals surface area (Å²) in [5.41, 5.74) is -1.53. The quantitative estimate of drug-likeness (QED) is 0.263. The van der Waals surface area contributed by atoms with Crippen molar-refractivity contribution < 1.29 is 35.5 Å². The minimum atomic E-state index is -4.92. The Morgan fingerprint density at radius 3 is 2.20 bits per heavy atom. The molecule has 0 radical (unpaired) electrons. The highest BCUT2D eigenvalue weighted by Crippen LogP contribution is 2.33. The van der Waals surface area contributed by atoms with E-state index in [4.69, 9.17) is 4.74 Å². The fraction of sp³-hybridized carbons (Fsp3) is 0.0909. The molecule has 30 heavy (non-hydrogen) atoms. The summed E-state index contributed by atoms with van der Waals surface area (Å²) in [5.74, 6) is -2.40. The van der Waals surface area contributed by atoms with Gasteiger partial charge in [-0.2, -0.15) is 13.2 Å². The zero-order valence-electron chi connectivity index (χ0n) is 15.0. The molecule has 0 unspecified atom stereocenters. The first kappa shape index (κ1) is 21.2. The molecule has 3 aromatic carbocycles. The normalized spacial score (nSPS) is 11.2. The highest BCUT2D eigenvalue weighted by Gasteiger charge is 2.24. The maximum Gasteiger partial charge on any atom is 0.458 e. The summed E-state index contributed by atoms with van der Waals surface area (Å²) < 4.78 is 99.3. The zero-order chi connectivity index (χ0) is 22.1. The summed E-state index contributed by atoms with van der Waals surface area (Å²) in [6.45, 7) is 3.45. The Hall–Kier alpha value is -3.47. The smallest absolute Gasteiger partial charge is 0.458 e. The first-order chi connectivity index (χ1) is 14.1. The third-order valence-corrected chi connectivity index (χ3v) is 4.03. The molecule has 0 aliphatic carbocycles. The van der Waals surface area contributed by atoms with E-state index in [1.165, 1.54) is 12.0 Å². The molecule has 0 aliphatic heterocycles. The molecular weight excluding hydrogens is 413 g/mol. The zero-order valence-corrected chi connectivity index (χ0v) is 15.0. The van der Waals surface area contributed by atoms with Crippen molar-refractivity contribution in [2.75, 3.05) is 6.61 Å². The summed E-state index contributed by atoms with van der Waals surface area (Å²) in [6, 6.07) is 6.01. The molecule has 3 rings (SSSR count). The molecule has 0 aliphatic rings. The van der Waals surface area contributed by atoms with Crippen LogP contribution in [0.1, 0.15) is 5.56 Å². The van der Waals surface area contributed by atoms with Crippen molar-refractivity contribution in [3.63, 3.8) is 0 Å². The Labute approximate surface area is 166 Å². The Bertz CT molecular complexity index is 1180. The van der Waals surface area contributed by atoms with Crippen molar-refractivity contribution in [2.24, 2.45) is 0 Å². The van der Waals surface area contributed by atoms with Gasteiger partial charge in [0.15, 0.2) is 0 Å². The van der Waals surface area contributed by atoms with Crippen LogP contribution in [0, 0.1) is 35.1 Å². The fourth-order valence-corrected chi connectivity index (χ4v) is 2.80. The summed E-state index contributed by atoms with van der Waals surface area (Å²) in [7, 11) is 0. The number of benzene rings is 3. The number of fused-ring (bicyclic) bond motifs is 1. The van der Waals surface area contributed by atoms with E-state index in [1.54, 1.807) is 0 Å². The van der Waals surface area contributed by atoms with Crippen LogP contribution in [-0.2, 0) is 0 Å². The largest absolute Gasteiger partial charge is 0.489 e. The second-order valence-corrected chi connectivity index (χ2v) is 6.09. The lowest BCUT2D eigenvalue weighted by molar-refractivity contribution is -0.0696. The lowest BCUT2D eigenvalue weighted by Gasteiger charge is -2.11. The summed E-state index contributed by atoms with van der Waals surface area (Å²) in [5, 5.41) is -0.357. The van der Waals surface area contributed by atoms with Crippen LogP contribution in [0.25, 0.3) is 21.9 Å². The Morgan fingerprint density at radius 2 is 1.60 bits per heavy atom. The predicted molar refractivity (Wildman–Crippen MR) is 97.8 cm³/mol. The van der Waals surface area contributed by atoms with Gasteiger partial charge in [0, 0.05) is 23.4 Å². The topological polar surface area (TPSA) is 9.23 Å². The summed E-state index contributed by atoms with van der Waals surface area (Å²) >= 11 is 0. The Balaban J connectivity index is 2.11. The van der Waals surface area contributed by atoms with Crippen molar-refractivity contribution in [2.45, 2.75) is 6.18 Å². The van der Waals surface area contributed by atoms with E-state index in [-0.39, 0.29) is 28.7 Å². The van der Waals surface area contributed by atoms with E-state index < -0.39 is 40.6 Å². The molecular formula is C22H11F7O. The van der Waals surface area contributed by atoms with Crippen LogP contribution in [-0.4, -0.2) is 12.8 Å². The molecule has 3 aromatic rings. The van der Waals surface area contributed by atoms with E-state index >= 15 is 0 Å². The number of rotatable bonds is 4. The van der Waals surface area contributed by atoms with Gasteiger partial charge in [-0.25, -0.2) is 17.6 Å². The molecule has 0 N–H and O–H groups in total. The summed E-state index contributed by atoms with van der Waals surface area (Å²) in [6.07, 6.45) is -3.53. The number of hydrogen-bond donors (Lipinski definition) is 0. The number of alkyl halides is 3. The van der Waals surface area contributed by atoms with Crippen molar-refractivity contribution in [3.8, 4) is 28.7 Å². The lowest BCUT2D eigenvalue weighted by Crippen LogP contribution is -2.02.